The standard InChI is InChI=1S/C35H35N3O2S/c1-26-10-8-13-29(22-26)25-38-31-14-6-7-15-32(31)41-33(35(38)40)23-27-16-18-30(19-17-27)34(39)36-20-9-21-37(2)24-28-11-4-3-5-12-28/h3-8,10-19,22-23H,9,20-21,24-25H2,1-2H3,(H,36,39)/b33-23+. The van der Waals surface area contributed by atoms with Crippen molar-refractivity contribution in [2.45, 2.75) is 31.3 Å². The number of thioether (sulfide) groups is 1. The second-order valence-electron chi connectivity index (χ2n) is 10.4. The van der Waals surface area contributed by atoms with E-state index in [0.717, 1.165) is 41.2 Å². The van der Waals surface area contributed by atoms with Crippen molar-refractivity contribution in [3.05, 3.63) is 136 Å². The number of hydrogen-bond donors (Lipinski definition) is 1. The molecular formula is C35H35N3O2S. The fraction of sp³-hybridized carbons (Fsp3) is 0.200. The highest BCUT2D eigenvalue weighted by atomic mass is 32.2. The van der Waals surface area contributed by atoms with Crippen molar-refractivity contribution in [3.63, 3.8) is 0 Å². The number of anilines is 1. The van der Waals surface area contributed by atoms with E-state index in [1.54, 1.807) is 0 Å². The van der Waals surface area contributed by atoms with Crippen LogP contribution in [0.15, 0.2) is 113 Å². The Kier molecular flexibility index (Phi) is 9.34. The largest absolute Gasteiger partial charge is 0.352 e. The molecule has 1 N–H and O–H groups in total. The summed E-state index contributed by atoms with van der Waals surface area (Å²) in [7, 11) is 2.10. The van der Waals surface area contributed by atoms with Crippen molar-refractivity contribution in [1.29, 1.82) is 0 Å². The Bertz CT molecular complexity index is 1530. The van der Waals surface area contributed by atoms with Gasteiger partial charge in [0.15, 0.2) is 0 Å². The molecule has 1 aliphatic rings. The van der Waals surface area contributed by atoms with Crippen LogP contribution in [-0.4, -0.2) is 36.9 Å². The molecule has 0 bridgehead atoms. The van der Waals surface area contributed by atoms with Crippen LogP contribution in [0.1, 0.15) is 39.0 Å². The van der Waals surface area contributed by atoms with Gasteiger partial charge < -0.3 is 15.1 Å². The molecule has 0 atom stereocenters. The summed E-state index contributed by atoms with van der Waals surface area (Å²) in [6.07, 6.45) is 2.79. The Balaban J connectivity index is 1.19. The molecule has 4 aromatic carbocycles. The van der Waals surface area contributed by atoms with Crippen molar-refractivity contribution in [2.24, 2.45) is 0 Å². The fourth-order valence-corrected chi connectivity index (χ4v) is 5.98. The van der Waals surface area contributed by atoms with E-state index in [2.05, 4.69) is 72.7 Å². The molecule has 0 spiro atoms. The maximum Gasteiger partial charge on any atom is 0.265 e. The van der Waals surface area contributed by atoms with Gasteiger partial charge in [-0.3, -0.25) is 9.59 Å². The summed E-state index contributed by atoms with van der Waals surface area (Å²) in [5.74, 6) is -0.106. The molecule has 0 unspecified atom stereocenters. The Hall–Kier alpha value is -4.13. The summed E-state index contributed by atoms with van der Waals surface area (Å²) < 4.78 is 0. The molecule has 41 heavy (non-hydrogen) atoms. The van der Waals surface area contributed by atoms with Crippen LogP contribution in [0.5, 0.6) is 0 Å². The Morgan fingerprint density at radius 2 is 1.63 bits per heavy atom. The fourth-order valence-electron chi connectivity index (χ4n) is 4.92. The van der Waals surface area contributed by atoms with E-state index in [1.807, 2.05) is 65.6 Å². The topological polar surface area (TPSA) is 52.7 Å². The smallest absolute Gasteiger partial charge is 0.265 e. The van der Waals surface area contributed by atoms with E-state index in [-0.39, 0.29) is 11.8 Å². The molecule has 208 valence electrons. The van der Waals surface area contributed by atoms with Gasteiger partial charge in [-0.25, -0.2) is 0 Å². The molecule has 5 nitrogen and oxygen atoms in total. The van der Waals surface area contributed by atoms with E-state index in [1.165, 1.54) is 22.9 Å². The SMILES string of the molecule is Cc1cccc(CN2C(=O)/C(=C\c3ccc(C(=O)NCCCN(C)Cc4ccccc4)cc3)Sc3ccccc32)c1. The van der Waals surface area contributed by atoms with Crippen LogP contribution in [0.4, 0.5) is 5.69 Å². The van der Waals surface area contributed by atoms with Crippen molar-refractivity contribution in [1.82, 2.24) is 10.2 Å². The lowest BCUT2D eigenvalue weighted by Gasteiger charge is -2.30. The Labute approximate surface area is 246 Å². The first kappa shape index (κ1) is 28.4. The average Bonchev–Trinajstić information content (AvgIpc) is 2.98. The molecular weight excluding hydrogens is 526 g/mol. The number of fused-ring (bicyclic) bond motifs is 1. The molecule has 4 aromatic rings. The molecule has 0 saturated heterocycles. The second-order valence-corrected chi connectivity index (χ2v) is 11.5. The zero-order chi connectivity index (χ0) is 28.6. The first-order valence-corrected chi connectivity index (χ1v) is 14.7. The van der Waals surface area contributed by atoms with Crippen molar-refractivity contribution >= 4 is 35.3 Å². The van der Waals surface area contributed by atoms with Gasteiger partial charge in [0.05, 0.1) is 17.1 Å². The quantitative estimate of drug-likeness (QED) is 0.169. The van der Waals surface area contributed by atoms with Gasteiger partial charge in [-0.1, -0.05) is 96.2 Å². The Morgan fingerprint density at radius 3 is 2.41 bits per heavy atom. The molecule has 2 amide bonds. The van der Waals surface area contributed by atoms with Crippen LogP contribution in [0, 0.1) is 6.92 Å². The number of nitrogens with zero attached hydrogens (tertiary/aromatic N) is 2. The average molecular weight is 562 g/mol. The first-order chi connectivity index (χ1) is 20.0. The first-order valence-electron chi connectivity index (χ1n) is 13.9. The highest BCUT2D eigenvalue weighted by Gasteiger charge is 2.29. The highest BCUT2D eigenvalue weighted by Crippen LogP contribution is 2.42. The number of nitrogens with one attached hydrogen (secondary N) is 1. The van der Waals surface area contributed by atoms with Gasteiger partial charge in [-0.2, -0.15) is 0 Å². The molecule has 0 saturated carbocycles. The van der Waals surface area contributed by atoms with Crippen LogP contribution in [-0.2, 0) is 17.9 Å². The van der Waals surface area contributed by atoms with E-state index < -0.39 is 0 Å². The van der Waals surface area contributed by atoms with Crippen LogP contribution < -0.4 is 10.2 Å². The molecule has 6 heteroatoms. The monoisotopic (exact) mass is 561 g/mol. The molecule has 1 heterocycles. The van der Waals surface area contributed by atoms with E-state index in [4.69, 9.17) is 0 Å². The van der Waals surface area contributed by atoms with Crippen LogP contribution >= 0.6 is 11.8 Å². The summed E-state index contributed by atoms with van der Waals surface area (Å²) in [5.41, 5.74) is 5.97. The van der Waals surface area contributed by atoms with Crippen LogP contribution in [0.2, 0.25) is 0 Å². The summed E-state index contributed by atoms with van der Waals surface area (Å²) in [4.78, 5) is 32.2. The molecule has 5 rings (SSSR count). The van der Waals surface area contributed by atoms with Gasteiger partial charge in [0.2, 0.25) is 0 Å². The molecule has 0 fully saturated rings. The van der Waals surface area contributed by atoms with Gasteiger partial charge in [0.25, 0.3) is 11.8 Å². The lowest BCUT2D eigenvalue weighted by atomic mass is 10.1. The number of aryl methyl sites for hydroxylation is 1. The number of para-hydroxylation sites is 1. The third-order valence-corrected chi connectivity index (χ3v) is 8.10. The minimum atomic E-state index is -0.0868. The number of rotatable bonds is 10. The highest BCUT2D eigenvalue weighted by molar-refractivity contribution is 8.04. The lowest BCUT2D eigenvalue weighted by molar-refractivity contribution is -0.114. The van der Waals surface area contributed by atoms with E-state index >= 15 is 0 Å². The molecule has 0 aromatic heterocycles. The van der Waals surface area contributed by atoms with Crippen molar-refractivity contribution in [2.75, 3.05) is 25.0 Å². The third-order valence-electron chi connectivity index (χ3n) is 7.02. The zero-order valence-electron chi connectivity index (χ0n) is 23.5. The minimum Gasteiger partial charge on any atom is -0.352 e. The maximum absolute atomic E-state index is 13.6. The van der Waals surface area contributed by atoms with Crippen LogP contribution in [0.3, 0.4) is 0 Å². The van der Waals surface area contributed by atoms with Crippen molar-refractivity contribution in [3.8, 4) is 0 Å². The van der Waals surface area contributed by atoms with Gasteiger partial charge in [-0.05, 0) is 74.0 Å². The number of carbonyl (C=O) groups excluding carboxylic acids is 2. The third kappa shape index (κ3) is 7.54. The minimum absolute atomic E-state index is 0.0192. The molecule has 1 aliphatic heterocycles. The molecule has 0 aliphatic carbocycles. The predicted octanol–water partition coefficient (Wildman–Crippen LogP) is 6.93. The summed E-state index contributed by atoms with van der Waals surface area (Å²) in [6, 6.07) is 34.1. The number of benzene rings is 4. The summed E-state index contributed by atoms with van der Waals surface area (Å²) in [5, 5.41) is 3.02. The maximum atomic E-state index is 13.6. The zero-order valence-corrected chi connectivity index (χ0v) is 24.4. The normalized spacial score (nSPS) is 13.9. The number of amides is 2. The number of hydrogen-bond acceptors (Lipinski definition) is 4. The molecule has 0 radical (unpaired) electrons. The van der Waals surface area contributed by atoms with Gasteiger partial charge in [0, 0.05) is 23.5 Å². The van der Waals surface area contributed by atoms with E-state index in [0.29, 0.717) is 23.6 Å². The van der Waals surface area contributed by atoms with Gasteiger partial charge in [0.1, 0.15) is 0 Å². The van der Waals surface area contributed by atoms with Gasteiger partial charge >= 0.3 is 0 Å². The summed E-state index contributed by atoms with van der Waals surface area (Å²) >= 11 is 1.49. The van der Waals surface area contributed by atoms with E-state index in [9.17, 15) is 9.59 Å². The van der Waals surface area contributed by atoms with Crippen LogP contribution in [0.25, 0.3) is 6.08 Å². The van der Waals surface area contributed by atoms with Gasteiger partial charge in [-0.15, -0.1) is 0 Å². The predicted molar refractivity (Wildman–Crippen MR) is 169 cm³/mol. The summed E-state index contributed by atoms with van der Waals surface area (Å²) in [6.45, 7) is 4.98. The Morgan fingerprint density at radius 1 is 0.902 bits per heavy atom. The lowest BCUT2D eigenvalue weighted by Crippen LogP contribution is -2.33. The second kappa shape index (κ2) is 13.5. The van der Waals surface area contributed by atoms with Crippen molar-refractivity contribution < 1.29 is 9.59 Å². The number of carbonyl (C=O) groups is 2.